The molecule has 0 aromatic heterocycles. The van der Waals surface area contributed by atoms with Crippen molar-refractivity contribution in [3.63, 3.8) is 0 Å². The Hall–Kier alpha value is -3.92. The fraction of sp³-hybridized carbons (Fsp3) is 0.185. The van der Waals surface area contributed by atoms with Gasteiger partial charge in [-0.05, 0) is 41.5 Å². The Labute approximate surface area is 193 Å². The zero-order valence-corrected chi connectivity index (χ0v) is 18.3. The molecule has 33 heavy (non-hydrogen) atoms. The average Bonchev–Trinajstić information content (AvgIpc) is 3.19. The Morgan fingerprint density at radius 1 is 1.00 bits per heavy atom. The van der Waals surface area contributed by atoms with Gasteiger partial charge in [0.2, 0.25) is 0 Å². The lowest BCUT2D eigenvalue weighted by Gasteiger charge is -2.27. The van der Waals surface area contributed by atoms with Crippen LogP contribution in [0.2, 0.25) is 0 Å². The van der Waals surface area contributed by atoms with Crippen LogP contribution in [0, 0.1) is 11.3 Å². The predicted octanol–water partition coefficient (Wildman–Crippen LogP) is 3.90. The lowest BCUT2D eigenvalue weighted by molar-refractivity contribution is -0.110. The third-order valence-corrected chi connectivity index (χ3v) is 6.04. The lowest BCUT2D eigenvalue weighted by atomic mass is 9.98. The van der Waals surface area contributed by atoms with E-state index in [0.29, 0.717) is 11.1 Å². The largest absolute Gasteiger partial charge is 0.354 e. The number of anilines is 2. The number of carbonyl (C=O) groups excluding carboxylic acids is 1. The van der Waals surface area contributed by atoms with Crippen LogP contribution in [0.25, 0.3) is 11.3 Å². The number of piperazine rings is 1. The summed E-state index contributed by atoms with van der Waals surface area (Å²) in [6.07, 6.45) is 0. The minimum atomic E-state index is -0.179. The van der Waals surface area contributed by atoms with Crippen LogP contribution in [-0.4, -0.2) is 37.0 Å². The van der Waals surface area contributed by atoms with Crippen molar-refractivity contribution in [2.45, 2.75) is 6.54 Å². The predicted molar refractivity (Wildman–Crippen MR) is 131 cm³/mol. The molecule has 0 aliphatic carbocycles. The normalized spacial score (nSPS) is 17.1. The van der Waals surface area contributed by atoms with Gasteiger partial charge in [-0.2, -0.15) is 5.26 Å². The minimum absolute atomic E-state index is 0.179. The van der Waals surface area contributed by atoms with Crippen molar-refractivity contribution in [3.8, 4) is 6.07 Å². The van der Waals surface area contributed by atoms with Crippen LogP contribution in [0.1, 0.15) is 22.3 Å². The Bertz CT molecular complexity index is 1240. The zero-order chi connectivity index (χ0) is 22.6. The van der Waals surface area contributed by atoms with Gasteiger partial charge in [-0.15, -0.1) is 0 Å². The average molecular weight is 436 g/mol. The Morgan fingerprint density at radius 2 is 1.76 bits per heavy atom. The highest BCUT2D eigenvalue weighted by Gasteiger charge is 2.28. The summed E-state index contributed by atoms with van der Waals surface area (Å²) in [6.45, 7) is 5.11. The minimum Gasteiger partial charge on any atom is -0.354 e. The van der Waals surface area contributed by atoms with Crippen molar-refractivity contribution in [2.75, 3.05) is 36.8 Å². The van der Waals surface area contributed by atoms with Crippen LogP contribution in [0.3, 0.4) is 0 Å². The molecule has 1 amide bonds. The van der Waals surface area contributed by atoms with Gasteiger partial charge in [0.25, 0.3) is 5.91 Å². The number of benzene rings is 3. The molecule has 0 unspecified atom stereocenters. The first-order chi connectivity index (χ1) is 16.2. The van der Waals surface area contributed by atoms with Gasteiger partial charge in [0.05, 0.1) is 22.9 Å². The smallest absolute Gasteiger partial charge is 0.258 e. The monoisotopic (exact) mass is 435 g/mol. The van der Waals surface area contributed by atoms with E-state index in [2.05, 4.69) is 51.2 Å². The molecule has 2 aliphatic heterocycles. The summed E-state index contributed by atoms with van der Waals surface area (Å²) in [5.41, 5.74) is 6.31. The van der Waals surface area contributed by atoms with Crippen molar-refractivity contribution in [1.29, 1.82) is 5.26 Å². The van der Waals surface area contributed by atoms with Crippen LogP contribution in [-0.2, 0) is 11.3 Å². The molecule has 0 spiro atoms. The van der Waals surface area contributed by atoms with Crippen molar-refractivity contribution in [1.82, 2.24) is 10.2 Å². The van der Waals surface area contributed by atoms with Crippen LogP contribution in [0.5, 0.6) is 0 Å². The van der Waals surface area contributed by atoms with Crippen molar-refractivity contribution in [3.05, 3.63) is 95.1 Å². The molecule has 6 nitrogen and oxygen atoms in total. The topological polar surface area (TPSA) is 80.2 Å². The van der Waals surface area contributed by atoms with E-state index in [1.54, 1.807) is 18.2 Å². The zero-order valence-electron chi connectivity index (χ0n) is 18.3. The standard InChI is InChI=1S/C27H25N5O/c28-17-20-8-11-24-23(16-20)25(27(33)31-24)26(21-4-2-1-3-5-21)30-22-9-6-19(7-10-22)18-32-14-12-29-13-15-32/h1-11,16,29-30H,12-15,18H2,(H,31,33). The highest BCUT2D eigenvalue weighted by atomic mass is 16.2. The molecule has 0 radical (unpaired) electrons. The van der Waals surface area contributed by atoms with Gasteiger partial charge in [0.1, 0.15) is 0 Å². The molecule has 2 heterocycles. The maximum atomic E-state index is 13.0. The van der Waals surface area contributed by atoms with Gasteiger partial charge >= 0.3 is 0 Å². The summed E-state index contributed by atoms with van der Waals surface area (Å²) >= 11 is 0. The van der Waals surface area contributed by atoms with E-state index in [0.717, 1.165) is 60.9 Å². The van der Waals surface area contributed by atoms with E-state index in [4.69, 9.17) is 0 Å². The van der Waals surface area contributed by atoms with E-state index < -0.39 is 0 Å². The second-order valence-electron chi connectivity index (χ2n) is 8.29. The molecule has 5 rings (SSSR count). The van der Waals surface area contributed by atoms with Gasteiger partial charge < -0.3 is 16.0 Å². The highest BCUT2D eigenvalue weighted by molar-refractivity contribution is 6.37. The molecule has 3 aromatic carbocycles. The summed E-state index contributed by atoms with van der Waals surface area (Å²) in [5.74, 6) is -0.179. The maximum Gasteiger partial charge on any atom is 0.258 e. The fourth-order valence-corrected chi connectivity index (χ4v) is 4.33. The first-order valence-corrected chi connectivity index (χ1v) is 11.2. The van der Waals surface area contributed by atoms with Gasteiger partial charge in [0, 0.05) is 49.7 Å². The van der Waals surface area contributed by atoms with Gasteiger partial charge in [-0.25, -0.2) is 0 Å². The van der Waals surface area contributed by atoms with E-state index in [1.165, 1.54) is 5.56 Å². The number of hydrogen-bond donors (Lipinski definition) is 3. The third kappa shape index (κ3) is 4.51. The number of nitriles is 1. The molecule has 3 aromatic rings. The molecule has 6 heteroatoms. The van der Waals surface area contributed by atoms with Crippen molar-refractivity contribution >= 4 is 28.6 Å². The SMILES string of the molecule is N#Cc1ccc2c(c1)C(=C(Nc1ccc(CN3CCNCC3)cc1)c1ccccc1)C(=O)N2. The first-order valence-electron chi connectivity index (χ1n) is 11.2. The first kappa shape index (κ1) is 21.0. The van der Waals surface area contributed by atoms with Crippen LogP contribution in [0.15, 0.2) is 72.8 Å². The molecular weight excluding hydrogens is 410 g/mol. The van der Waals surface area contributed by atoms with E-state index in [-0.39, 0.29) is 5.91 Å². The van der Waals surface area contributed by atoms with E-state index >= 15 is 0 Å². The molecule has 1 saturated heterocycles. The summed E-state index contributed by atoms with van der Waals surface area (Å²) < 4.78 is 0. The van der Waals surface area contributed by atoms with Gasteiger partial charge in [-0.1, -0.05) is 42.5 Å². The van der Waals surface area contributed by atoms with E-state index in [1.807, 2.05) is 30.3 Å². The summed E-state index contributed by atoms with van der Waals surface area (Å²) in [7, 11) is 0. The van der Waals surface area contributed by atoms with Crippen LogP contribution in [0.4, 0.5) is 11.4 Å². The Kier molecular flexibility index (Phi) is 5.90. The van der Waals surface area contributed by atoms with Crippen LogP contribution < -0.4 is 16.0 Å². The van der Waals surface area contributed by atoms with Gasteiger partial charge in [0.15, 0.2) is 0 Å². The quantitative estimate of drug-likeness (QED) is 0.530. The number of hydrogen-bond acceptors (Lipinski definition) is 5. The molecule has 0 bridgehead atoms. The Morgan fingerprint density at radius 3 is 2.48 bits per heavy atom. The second-order valence-corrected chi connectivity index (χ2v) is 8.29. The maximum absolute atomic E-state index is 13.0. The van der Waals surface area contributed by atoms with Crippen LogP contribution >= 0.6 is 0 Å². The second kappa shape index (κ2) is 9.29. The van der Waals surface area contributed by atoms with Crippen molar-refractivity contribution < 1.29 is 4.79 Å². The number of amides is 1. The lowest BCUT2D eigenvalue weighted by Crippen LogP contribution is -2.42. The van der Waals surface area contributed by atoms with Gasteiger partial charge in [-0.3, -0.25) is 9.69 Å². The Balaban J connectivity index is 1.49. The summed E-state index contributed by atoms with van der Waals surface area (Å²) in [6, 6.07) is 25.6. The number of carbonyl (C=O) groups is 1. The molecule has 2 aliphatic rings. The van der Waals surface area contributed by atoms with Crippen molar-refractivity contribution in [2.24, 2.45) is 0 Å². The molecule has 1 fully saturated rings. The number of rotatable bonds is 5. The molecule has 3 N–H and O–H groups in total. The number of fused-ring (bicyclic) bond motifs is 1. The van der Waals surface area contributed by atoms with E-state index in [9.17, 15) is 10.1 Å². The highest BCUT2D eigenvalue weighted by Crippen LogP contribution is 2.38. The fourth-order valence-electron chi connectivity index (χ4n) is 4.33. The number of nitrogens with one attached hydrogen (secondary N) is 3. The molecular formula is C27H25N5O. The summed E-state index contributed by atoms with van der Waals surface area (Å²) in [4.78, 5) is 15.5. The third-order valence-electron chi connectivity index (χ3n) is 6.04. The molecule has 164 valence electrons. The molecule has 0 saturated carbocycles. The molecule has 0 atom stereocenters. The summed E-state index contributed by atoms with van der Waals surface area (Å²) in [5, 5.41) is 19.2. The number of nitrogens with zero attached hydrogens (tertiary/aromatic N) is 2.